The largest absolute Gasteiger partial charge is 0.143 e. The van der Waals surface area contributed by atoms with Crippen LogP contribution in [0.25, 0.3) is 0 Å². The lowest BCUT2D eigenvalue weighted by atomic mass is 9.85. The van der Waals surface area contributed by atoms with Crippen molar-refractivity contribution in [2.75, 3.05) is 0 Å². The van der Waals surface area contributed by atoms with Crippen molar-refractivity contribution >= 4 is 11.3 Å². The molecule has 2 rings (SSSR count). The molecule has 1 heteroatoms. The Labute approximate surface area is 146 Å². The first-order chi connectivity index (χ1) is 10.8. The standard InChI is InChI=1S/C22H28S/c1-7-21(3,4)19-16-18(20(23-19)22(5,6)8-2)15-14-17-12-10-9-11-13-17/h9-13,16H,7-8H2,1-6H3. The molecule has 0 aliphatic carbocycles. The normalized spacial score (nSPS) is 11.9. The van der Waals surface area contributed by atoms with Crippen LogP contribution in [0, 0.1) is 11.8 Å². The van der Waals surface area contributed by atoms with E-state index in [1.54, 1.807) is 0 Å². The molecule has 0 N–H and O–H groups in total. The van der Waals surface area contributed by atoms with Crippen LogP contribution in [0.15, 0.2) is 36.4 Å². The van der Waals surface area contributed by atoms with Crippen LogP contribution in [0.5, 0.6) is 0 Å². The average Bonchev–Trinajstić information content (AvgIpc) is 3.00. The van der Waals surface area contributed by atoms with Crippen molar-refractivity contribution in [2.24, 2.45) is 0 Å². The van der Waals surface area contributed by atoms with Crippen LogP contribution in [-0.2, 0) is 10.8 Å². The van der Waals surface area contributed by atoms with Crippen LogP contribution in [0.2, 0.25) is 0 Å². The Hall–Kier alpha value is -1.52. The van der Waals surface area contributed by atoms with Crippen molar-refractivity contribution in [3.05, 3.63) is 57.3 Å². The van der Waals surface area contributed by atoms with Gasteiger partial charge in [-0.3, -0.25) is 0 Å². The fraction of sp³-hybridized carbons (Fsp3) is 0.455. The minimum Gasteiger partial charge on any atom is -0.143 e. The van der Waals surface area contributed by atoms with Crippen LogP contribution in [0.4, 0.5) is 0 Å². The van der Waals surface area contributed by atoms with Gasteiger partial charge in [0.05, 0.1) is 0 Å². The second kappa shape index (κ2) is 6.93. The van der Waals surface area contributed by atoms with Gasteiger partial charge in [-0.25, -0.2) is 0 Å². The summed E-state index contributed by atoms with van der Waals surface area (Å²) in [4.78, 5) is 2.88. The molecule has 0 saturated carbocycles. The van der Waals surface area contributed by atoms with E-state index in [1.807, 2.05) is 29.5 Å². The van der Waals surface area contributed by atoms with Crippen molar-refractivity contribution in [1.29, 1.82) is 0 Å². The molecule has 1 aromatic carbocycles. The molecule has 0 nitrogen and oxygen atoms in total. The highest BCUT2D eigenvalue weighted by Gasteiger charge is 2.28. The minimum absolute atomic E-state index is 0.174. The van der Waals surface area contributed by atoms with Crippen LogP contribution >= 0.6 is 11.3 Å². The lowest BCUT2D eigenvalue weighted by Gasteiger charge is -2.23. The summed E-state index contributed by atoms with van der Waals surface area (Å²) in [6.07, 6.45) is 2.27. The molecule has 0 fully saturated rings. The van der Waals surface area contributed by atoms with Gasteiger partial charge in [0.15, 0.2) is 0 Å². The zero-order valence-electron chi connectivity index (χ0n) is 15.3. The molecule has 2 aromatic rings. The molecule has 0 radical (unpaired) electrons. The van der Waals surface area contributed by atoms with Crippen molar-refractivity contribution < 1.29 is 0 Å². The van der Waals surface area contributed by atoms with E-state index in [4.69, 9.17) is 0 Å². The molecule has 0 aliphatic heterocycles. The van der Waals surface area contributed by atoms with Crippen molar-refractivity contribution in [3.8, 4) is 11.8 Å². The third-order valence-corrected chi connectivity index (χ3v) is 6.76. The zero-order valence-corrected chi connectivity index (χ0v) is 16.1. The average molecular weight is 325 g/mol. The van der Waals surface area contributed by atoms with Gasteiger partial charge in [-0.15, -0.1) is 11.3 Å². The Balaban J connectivity index is 2.51. The quantitative estimate of drug-likeness (QED) is 0.561. The van der Waals surface area contributed by atoms with E-state index < -0.39 is 0 Å². The Morgan fingerprint density at radius 1 is 0.870 bits per heavy atom. The molecular weight excluding hydrogens is 296 g/mol. The number of hydrogen-bond acceptors (Lipinski definition) is 1. The van der Waals surface area contributed by atoms with Crippen molar-refractivity contribution in [2.45, 2.75) is 65.2 Å². The van der Waals surface area contributed by atoms with Crippen molar-refractivity contribution in [1.82, 2.24) is 0 Å². The first-order valence-corrected chi connectivity index (χ1v) is 9.33. The van der Waals surface area contributed by atoms with Gasteiger partial charge in [0.2, 0.25) is 0 Å². The second-order valence-electron chi connectivity index (χ2n) is 7.44. The number of hydrogen-bond donors (Lipinski definition) is 0. The molecule has 0 aliphatic rings. The topological polar surface area (TPSA) is 0 Å². The molecule has 122 valence electrons. The molecule has 0 unspecified atom stereocenters. The van der Waals surface area contributed by atoms with Crippen LogP contribution in [0.1, 0.15) is 75.3 Å². The van der Waals surface area contributed by atoms with E-state index in [0.717, 1.165) is 18.4 Å². The maximum Gasteiger partial charge on any atom is 0.0396 e. The van der Waals surface area contributed by atoms with E-state index in [9.17, 15) is 0 Å². The van der Waals surface area contributed by atoms with Gasteiger partial charge < -0.3 is 0 Å². The molecule has 1 aromatic heterocycles. The van der Waals surface area contributed by atoms with Gasteiger partial charge >= 0.3 is 0 Å². The van der Waals surface area contributed by atoms with E-state index >= 15 is 0 Å². The Morgan fingerprint density at radius 2 is 1.48 bits per heavy atom. The summed E-state index contributed by atoms with van der Waals surface area (Å²) in [5, 5.41) is 0. The fourth-order valence-electron chi connectivity index (χ4n) is 2.32. The summed E-state index contributed by atoms with van der Waals surface area (Å²) in [5.41, 5.74) is 2.68. The van der Waals surface area contributed by atoms with Crippen LogP contribution in [-0.4, -0.2) is 0 Å². The summed E-state index contributed by atoms with van der Waals surface area (Å²) in [6, 6.07) is 12.6. The maximum absolute atomic E-state index is 3.45. The molecule has 1 heterocycles. The van der Waals surface area contributed by atoms with Gasteiger partial charge in [-0.05, 0) is 36.5 Å². The van der Waals surface area contributed by atoms with E-state index in [2.05, 4.69) is 71.6 Å². The molecule has 0 bridgehead atoms. The zero-order chi connectivity index (χ0) is 17.1. The SMILES string of the molecule is CCC(C)(C)c1cc(C#Cc2ccccc2)c(C(C)(C)CC)s1. The van der Waals surface area contributed by atoms with E-state index in [0.29, 0.717) is 0 Å². The maximum atomic E-state index is 3.45. The van der Waals surface area contributed by atoms with Gasteiger partial charge in [0, 0.05) is 26.3 Å². The summed E-state index contributed by atoms with van der Waals surface area (Å²) < 4.78 is 0. The predicted molar refractivity (Wildman–Crippen MR) is 103 cm³/mol. The highest BCUT2D eigenvalue weighted by atomic mass is 32.1. The summed E-state index contributed by atoms with van der Waals surface area (Å²) >= 11 is 1.96. The van der Waals surface area contributed by atoms with E-state index in [-0.39, 0.29) is 10.8 Å². The predicted octanol–water partition coefficient (Wildman–Crippen LogP) is 6.52. The van der Waals surface area contributed by atoms with Gasteiger partial charge in [-0.1, -0.05) is 71.6 Å². The second-order valence-corrected chi connectivity index (χ2v) is 8.50. The summed E-state index contributed by atoms with van der Waals surface area (Å²) in [7, 11) is 0. The first kappa shape index (κ1) is 17.8. The molecule has 0 spiro atoms. The van der Waals surface area contributed by atoms with Crippen LogP contribution in [0.3, 0.4) is 0 Å². The lowest BCUT2D eigenvalue weighted by Crippen LogP contribution is -2.15. The Kier molecular flexibility index (Phi) is 5.37. The number of rotatable bonds is 4. The van der Waals surface area contributed by atoms with Gasteiger partial charge in [-0.2, -0.15) is 0 Å². The molecule has 23 heavy (non-hydrogen) atoms. The first-order valence-electron chi connectivity index (χ1n) is 8.52. The number of benzene rings is 1. The van der Waals surface area contributed by atoms with Gasteiger partial charge in [0.1, 0.15) is 0 Å². The molecule has 0 saturated heterocycles. The highest BCUT2D eigenvalue weighted by molar-refractivity contribution is 7.12. The lowest BCUT2D eigenvalue weighted by molar-refractivity contribution is 0.514. The molecule has 0 amide bonds. The van der Waals surface area contributed by atoms with Gasteiger partial charge in [0.25, 0.3) is 0 Å². The van der Waals surface area contributed by atoms with Crippen LogP contribution < -0.4 is 0 Å². The number of thiophene rings is 1. The smallest absolute Gasteiger partial charge is 0.0396 e. The summed E-state index contributed by atoms with van der Waals surface area (Å²) in [5.74, 6) is 6.78. The minimum atomic E-state index is 0.174. The Morgan fingerprint density at radius 3 is 2.04 bits per heavy atom. The molecular formula is C22H28S. The summed E-state index contributed by atoms with van der Waals surface area (Å²) in [6.45, 7) is 13.8. The van der Waals surface area contributed by atoms with Crippen molar-refractivity contribution in [3.63, 3.8) is 0 Å². The fourth-order valence-corrected chi connectivity index (χ4v) is 3.77. The Bertz CT molecular complexity index is 705. The third-order valence-electron chi connectivity index (χ3n) is 4.90. The highest BCUT2D eigenvalue weighted by Crippen LogP contribution is 2.41. The molecule has 0 atom stereocenters. The third kappa shape index (κ3) is 4.06. The van der Waals surface area contributed by atoms with E-state index in [1.165, 1.54) is 15.3 Å². The monoisotopic (exact) mass is 324 g/mol.